The second-order valence-corrected chi connectivity index (χ2v) is 14.0. The summed E-state index contributed by atoms with van der Waals surface area (Å²) in [7, 11) is 0. The van der Waals surface area contributed by atoms with Crippen molar-refractivity contribution in [2.24, 2.45) is 52.3 Å². The Morgan fingerprint density at radius 2 is 1.66 bits per heavy atom. The number of fused-ring (bicyclic) bond motifs is 5. The summed E-state index contributed by atoms with van der Waals surface area (Å²) in [6.45, 7) is 12.7. The Morgan fingerprint density at radius 1 is 0.875 bits per heavy atom. The van der Waals surface area contributed by atoms with Crippen molar-refractivity contribution in [3.8, 4) is 0 Å². The number of rotatable bonds is 5. The Morgan fingerprint density at radius 3 is 2.38 bits per heavy atom. The van der Waals surface area contributed by atoms with Gasteiger partial charge in [-0.3, -0.25) is 4.79 Å². The normalized spacial score (nSPS) is 48.9. The third-order valence-electron chi connectivity index (χ3n) is 12.1. The van der Waals surface area contributed by atoms with Gasteiger partial charge in [0.25, 0.3) is 0 Å². The summed E-state index contributed by atoms with van der Waals surface area (Å²) in [6.07, 6.45) is 18.3. The monoisotopic (exact) mass is 442 g/mol. The molecule has 0 bridgehead atoms. The van der Waals surface area contributed by atoms with Gasteiger partial charge in [0.2, 0.25) is 0 Å². The number of carbonyl (C=O) groups excluding carboxylic acids is 1. The summed E-state index contributed by atoms with van der Waals surface area (Å²) in [5.74, 6) is 6.40. The second kappa shape index (κ2) is 8.30. The Hall–Kier alpha value is -0.530. The molecule has 0 aromatic rings. The van der Waals surface area contributed by atoms with Crippen LogP contribution in [-0.4, -0.2) is 11.6 Å². The molecule has 4 aliphatic carbocycles. The highest BCUT2D eigenvalue weighted by Crippen LogP contribution is 2.69. The van der Waals surface area contributed by atoms with E-state index in [1.807, 2.05) is 0 Å². The van der Waals surface area contributed by atoms with Gasteiger partial charge in [0.15, 0.2) is 0 Å². The van der Waals surface area contributed by atoms with E-state index < -0.39 is 0 Å². The van der Waals surface area contributed by atoms with Gasteiger partial charge in [-0.1, -0.05) is 53.9 Å². The lowest BCUT2D eigenvalue weighted by molar-refractivity contribution is -0.171. The summed E-state index contributed by atoms with van der Waals surface area (Å²) >= 11 is 0. The maximum absolute atomic E-state index is 11.9. The van der Waals surface area contributed by atoms with Gasteiger partial charge >= 0.3 is 5.97 Å². The number of ether oxygens (including phenoxy) is 1. The van der Waals surface area contributed by atoms with Crippen LogP contribution in [0.5, 0.6) is 0 Å². The lowest BCUT2D eigenvalue weighted by Gasteiger charge is -2.62. The van der Waals surface area contributed by atoms with Crippen LogP contribution in [0.1, 0.15) is 125 Å². The molecule has 5 rings (SSSR count). The van der Waals surface area contributed by atoms with Gasteiger partial charge in [-0.05, 0) is 116 Å². The molecule has 4 saturated carbocycles. The zero-order chi connectivity index (χ0) is 22.7. The molecule has 1 saturated heterocycles. The zero-order valence-electron chi connectivity index (χ0n) is 21.8. The van der Waals surface area contributed by atoms with Crippen molar-refractivity contribution in [1.82, 2.24) is 0 Å². The largest absolute Gasteiger partial charge is 0.459 e. The third-order valence-corrected chi connectivity index (χ3v) is 12.1. The van der Waals surface area contributed by atoms with E-state index in [0.717, 1.165) is 60.7 Å². The van der Waals surface area contributed by atoms with Gasteiger partial charge in [0.05, 0.1) is 0 Å². The molecular weight excluding hydrogens is 392 g/mol. The summed E-state index contributed by atoms with van der Waals surface area (Å²) in [4.78, 5) is 11.9. The lowest BCUT2D eigenvalue weighted by Crippen LogP contribution is -2.56. The molecule has 2 heteroatoms. The van der Waals surface area contributed by atoms with Crippen LogP contribution in [0.4, 0.5) is 0 Å². The summed E-state index contributed by atoms with van der Waals surface area (Å²) in [5.41, 5.74) is 1.01. The first-order valence-electron chi connectivity index (χ1n) is 14.4. The van der Waals surface area contributed by atoms with Crippen molar-refractivity contribution in [2.45, 2.75) is 130 Å². The maximum Gasteiger partial charge on any atom is 0.306 e. The highest BCUT2D eigenvalue weighted by Gasteiger charge is 2.62. The molecular formula is C30H50O2. The van der Waals surface area contributed by atoms with Gasteiger partial charge in [-0.2, -0.15) is 0 Å². The van der Waals surface area contributed by atoms with E-state index in [0.29, 0.717) is 17.3 Å². The van der Waals surface area contributed by atoms with E-state index in [2.05, 4.69) is 34.6 Å². The van der Waals surface area contributed by atoms with E-state index in [4.69, 9.17) is 4.74 Å². The average Bonchev–Trinajstić information content (AvgIpc) is 3.28. The standard InChI is InChI=1S/C30H50O2/c1-20(2)7-6-8-21(3)24-11-12-25-23-10-9-22-19-30(16-14-27(31)32-30)18-17-28(22,4)26(23)13-15-29(24,25)5/h20-26H,6-19H2,1-5H3/t21-,22+,23+,24-,25+,26+,28+,29-,30+/m1/s1. The quantitative estimate of drug-likeness (QED) is 0.401. The highest BCUT2D eigenvalue weighted by molar-refractivity contribution is 5.72. The zero-order valence-corrected chi connectivity index (χ0v) is 21.8. The fraction of sp³-hybridized carbons (Fsp3) is 0.967. The lowest BCUT2D eigenvalue weighted by atomic mass is 9.43. The Labute approximate surface area is 198 Å². The Kier molecular flexibility index (Phi) is 6.02. The van der Waals surface area contributed by atoms with Crippen LogP contribution >= 0.6 is 0 Å². The molecule has 1 heterocycles. The average molecular weight is 443 g/mol. The molecule has 1 spiro atoms. The molecule has 0 aromatic heterocycles. The van der Waals surface area contributed by atoms with Gasteiger partial charge in [-0.15, -0.1) is 0 Å². The molecule has 182 valence electrons. The van der Waals surface area contributed by atoms with Gasteiger partial charge in [0.1, 0.15) is 5.60 Å². The minimum Gasteiger partial charge on any atom is -0.459 e. The van der Waals surface area contributed by atoms with Crippen LogP contribution < -0.4 is 0 Å². The minimum atomic E-state index is -0.0822. The Balaban J connectivity index is 1.28. The van der Waals surface area contributed by atoms with Gasteiger partial charge in [0, 0.05) is 6.42 Å². The van der Waals surface area contributed by atoms with Crippen LogP contribution in [0.15, 0.2) is 0 Å². The number of esters is 1. The molecule has 0 radical (unpaired) electrons. The van der Waals surface area contributed by atoms with Crippen molar-refractivity contribution >= 4 is 5.97 Å². The number of carbonyl (C=O) groups is 1. The van der Waals surface area contributed by atoms with Crippen molar-refractivity contribution in [3.63, 3.8) is 0 Å². The van der Waals surface area contributed by atoms with Crippen LogP contribution in [-0.2, 0) is 9.53 Å². The summed E-state index contributed by atoms with van der Waals surface area (Å²) < 4.78 is 5.95. The Bertz CT molecular complexity index is 714. The summed E-state index contributed by atoms with van der Waals surface area (Å²) in [5, 5.41) is 0. The minimum absolute atomic E-state index is 0.0650. The topological polar surface area (TPSA) is 26.3 Å². The van der Waals surface area contributed by atoms with E-state index in [9.17, 15) is 4.79 Å². The smallest absolute Gasteiger partial charge is 0.306 e. The van der Waals surface area contributed by atoms with Crippen molar-refractivity contribution in [2.75, 3.05) is 0 Å². The fourth-order valence-electron chi connectivity index (χ4n) is 10.3. The predicted molar refractivity (Wildman–Crippen MR) is 131 cm³/mol. The van der Waals surface area contributed by atoms with Gasteiger partial charge < -0.3 is 4.74 Å². The predicted octanol–water partition coefficient (Wildman–Crippen LogP) is 8.18. The molecule has 0 amide bonds. The molecule has 0 unspecified atom stereocenters. The van der Waals surface area contributed by atoms with Crippen molar-refractivity contribution in [1.29, 1.82) is 0 Å². The van der Waals surface area contributed by atoms with Crippen molar-refractivity contribution < 1.29 is 9.53 Å². The van der Waals surface area contributed by atoms with Crippen LogP contribution in [0.3, 0.4) is 0 Å². The SMILES string of the molecule is CC(C)CCC[C@@H](C)[C@H]1CC[C@H]2[C@@H]3CC[C@H]4C[C@]5(CCC(=O)O5)CC[C@]4(C)[C@H]3CC[C@]12C. The maximum atomic E-state index is 11.9. The van der Waals surface area contributed by atoms with E-state index in [1.54, 1.807) is 0 Å². The van der Waals surface area contributed by atoms with Crippen LogP contribution in [0.25, 0.3) is 0 Å². The highest BCUT2D eigenvalue weighted by atomic mass is 16.6. The molecule has 5 fully saturated rings. The van der Waals surface area contributed by atoms with E-state index in [-0.39, 0.29) is 11.6 Å². The fourth-order valence-corrected chi connectivity index (χ4v) is 10.3. The third kappa shape index (κ3) is 3.69. The number of hydrogen-bond acceptors (Lipinski definition) is 2. The number of hydrogen-bond donors (Lipinski definition) is 0. The first-order chi connectivity index (χ1) is 15.2. The van der Waals surface area contributed by atoms with Gasteiger partial charge in [-0.25, -0.2) is 0 Å². The van der Waals surface area contributed by atoms with E-state index >= 15 is 0 Å². The molecule has 32 heavy (non-hydrogen) atoms. The molecule has 5 aliphatic rings. The van der Waals surface area contributed by atoms with Crippen molar-refractivity contribution in [3.05, 3.63) is 0 Å². The van der Waals surface area contributed by atoms with Crippen LogP contribution in [0, 0.1) is 52.3 Å². The first-order valence-corrected chi connectivity index (χ1v) is 14.4. The molecule has 2 nitrogen and oxygen atoms in total. The molecule has 0 N–H and O–H groups in total. The first kappa shape index (κ1) is 23.2. The molecule has 9 atom stereocenters. The summed E-state index contributed by atoms with van der Waals surface area (Å²) in [6, 6.07) is 0. The van der Waals surface area contributed by atoms with Crippen LogP contribution in [0.2, 0.25) is 0 Å². The molecule has 0 aromatic carbocycles. The van der Waals surface area contributed by atoms with E-state index in [1.165, 1.54) is 64.2 Å². The molecule has 1 aliphatic heterocycles. The second-order valence-electron chi connectivity index (χ2n) is 14.0.